The second-order valence-corrected chi connectivity index (χ2v) is 9.83. The summed E-state index contributed by atoms with van der Waals surface area (Å²) in [7, 11) is 1.53. The number of ether oxygens (including phenoxy) is 3. The minimum absolute atomic E-state index is 0.0641. The molecule has 2 amide bonds. The van der Waals surface area contributed by atoms with Crippen LogP contribution in [0.4, 0.5) is 0 Å². The molecule has 11 nitrogen and oxygen atoms in total. The van der Waals surface area contributed by atoms with Crippen molar-refractivity contribution in [1.82, 2.24) is 14.7 Å². The van der Waals surface area contributed by atoms with E-state index in [1.54, 1.807) is 15.9 Å². The fourth-order valence-corrected chi connectivity index (χ4v) is 5.52. The largest absolute Gasteiger partial charge is 0.493 e. The van der Waals surface area contributed by atoms with Crippen LogP contribution in [0.1, 0.15) is 51.5 Å². The first-order chi connectivity index (χ1) is 18.2. The maximum Gasteiger partial charge on any atom is 0.308 e. The van der Waals surface area contributed by atoms with Crippen molar-refractivity contribution in [3.63, 3.8) is 0 Å². The lowest BCUT2D eigenvalue weighted by molar-refractivity contribution is -0.144. The van der Waals surface area contributed by atoms with Crippen molar-refractivity contribution < 1.29 is 33.7 Å². The van der Waals surface area contributed by atoms with Gasteiger partial charge >= 0.3 is 5.97 Å². The minimum Gasteiger partial charge on any atom is -0.493 e. The van der Waals surface area contributed by atoms with E-state index in [9.17, 15) is 19.5 Å². The van der Waals surface area contributed by atoms with E-state index in [0.29, 0.717) is 62.9 Å². The summed E-state index contributed by atoms with van der Waals surface area (Å²) in [6, 6.07) is 3.16. The number of unbranched alkanes of at least 4 members (excludes halogenated alkanes) is 1. The van der Waals surface area contributed by atoms with Gasteiger partial charge in [0.2, 0.25) is 24.4 Å². The molecule has 0 spiro atoms. The van der Waals surface area contributed by atoms with Crippen molar-refractivity contribution in [3.8, 4) is 17.2 Å². The van der Waals surface area contributed by atoms with Gasteiger partial charge in [-0.05, 0) is 37.5 Å². The fraction of sp³-hybridized carbons (Fsp3) is 0.667. The Balaban J connectivity index is 1.94. The molecule has 0 bridgehead atoms. The number of carboxylic acid groups (broad SMARTS) is 1. The van der Waals surface area contributed by atoms with Gasteiger partial charge in [-0.3, -0.25) is 19.3 Å². The number of carbonyl (C=O) groups excluding carboxylic acids is 2. The number of hydrogen-bond donors (Lipinski definition) is 2. The molecular formula is C27H42N4O7. The van der Waals surface area contributed by atoms with Crippen molar-refractivity contribution in [2.24, 2.45) is 11.7 Å². The molecule has 2 aliphatic rings. The summed E-state index contributed by atoms with van der Waals surface area (Å²) in [6.45, 7) is 8.36. The highest BCUT2D eigenvalue weighted by Gasteiger charge is 2.47. The molecule has 3 N–H and O–H groups in total. The Labute approximate surface area is 224 Å². The molecule has 0 radical (unpaired) electrons. The topological polar surface area (TPSA) is 135 Å². The smallest absolute Gasteiger partial charge is 0.308 e. The minimum atomic E-state index is -0.942. The molecule has 0 aromatic heterocycles. The number of carbonyl (C=O) groups is 3. The Kier molecular flexibility index (Phi) is 10.6. The van der Waals surface area contributed by atoms with Gasteiger partial charge in [0.1, 0.15) is 0 Å². The molecule has 3 atom stereocenters. The van der Waals surface area contributed by atoms with Crippen LogP contribution in [0, 0.1) is 5.92 Å². The van der Waals surface area contributed by atoms with Crippen LogP contribution in [0.15, 0.2) is 12.1 Å². The Hall–Kier alpha value is -3.05. The van der Waals surface area contributed by atoms with E-state index in [1.807, 2.05) is 17.9 Å². The van der Waals surface area contributed by atoms with Crippen molar-refractivity contribution in [3.05, 3.63) is 17.7 Å². The maximum atomic E-state index is 13.4. The molecule has 1 fully saturated rings. The zero-order chi connectivity index (χ0) is 27.8. The quantitative estimate of drug-likeness (QED) is 0.366. The number of nitrogens with two attached hydrogens (primary N) is 1. The number of likely N-dealkylation sites (tertiary alicyclic amines) is 1. The van der Waals surface area contributed by atoms with Gasteiger partial charge in [0, 0.05) is 58.2 Å². The van der Waals surface area contributed by atoms with E-state index in [1.165, 1.54) is 14.0 Å². The highest BCUT2D eigenvalue weighted by atomic mass is 16.7. The molecule has 1 aromatic carbocycles. The number of nitrogens with zero attached hydrogens (tertiary/aromatic N) is 3. The molecule has 212 valence electrons. The Morgan fingerprint density at radius 1 is 1.16 bits per heavy atom. The normalized spacial score (nSPS) is 20.4. The third-order valence-electron chi connectivity index (χ3n) is 7.54. The summed E-state index contributed by atoms with van der Waals surface area (Å²) in [5.74, 6) is -0.798. The van der Waals surface area contributed by atoms with Crippen LogP contribution in [-0.2, 0) is 14.4 Å². The monoisotopic (exact) mass is 534 g/mol. The van der Waals surface area contributed by atoms with Crippen LogP contribution < -0.4 is 19.9 Å². The number of aliphatic carboxylic acids is 1. The number of hydrogen-bond acceptors (Lipinski definition) is 8. The van der Waals surface area contributed by atoms with E-state index in [2.05, 4.69) is 6.92 Å². The first-order valence-electron chi connectivity index (χ1n) is 13.4. The van der Waals surface area contributed by atoms with Gasteiger partial charge < -0.3 is 34.9 Å². The number of benzene rings is 1. The van der Waals surface area contributed by atoms with Crippen LogP contribution in [0.25, 0.3) is 0 Å². The van der Waals surface area contributed by atoms with E-state index in [-0.39, 0.29) is 25.2 Å². The number of rotatable bonds is 14. The average Bonchev–Trinajstić information content (AvgIpc) is 3.51. The van der Waals surface area contributed by atoms with Gasteiger partial charge in [0.05, 0.1) is 19.6 Å². The summed E-state index contributed by atoms with van der Waals surface area (Å²) >= 11 is 0. The second kappa shape index (κ2) is 13.7. The van der Waals surface area contributed by atoms with E-state index >= 15 is 0 Å². The summed E-state index contributed by atoms with van der Waals surface area (Å²) in [4.78, 5) is 43.6. The molecular weight excluding hydrogens is 492 g/mol. The van der Waals surface area contributed by atoms with Gasteiger partial charge in [0.25, 0.3) is 0 Å². The summed E-state index contributed by atoms with van der Waals surface area (Å²) < 4.78 is 16.6. The Bertz CT molecular complexity index is 988. The lowest BCUT2D eigenvalue weighted by atomic mass is 9.84. The molecule has 2 heterocycles. The second-order valence-electron chi connectivity index (χ2n) is 9.83. The van der Waals surface area contributed by atoms with Crippen LogP contribution in [0.5, 0.6) is 17.2 Å². The van der Waals surface area contributed by atoms with Gasteiger partial charge in [-0.15, -0.1) is 0 Å². The van der Waals surface area contributed by atoms with E-state index in [4.69, 9.17) is 19.9 Å². The molecule has 3 rings (SSSR count). The molecule has 1 saturated heterocycles. The lowest BCUT2D eigenvalue weighted by Gasteiger charge is -2.31. The molecule has 0 saturated carbocycles. The molecule has 38 heavy (non-hydrogen) atoms. The molecule has 2 aliphatic heterocycles. The van der Waals surface area contributed by atoms with Gasteiger partial charge in [-0.2, -0.15) is 0 Å². The van der Waals surface area contributed by atoms with Crippen LogP contribution in [0.2, 0.25) is 0 Å². The Morgan fingerprint density at radius 2 is 1.92 bits per heavy atom. The van der Waals surface area contributed by atoms with Crippen LogP contribution >= 0.6 is 0 Å². The maximum absolute atomic E-state index is 13.4. The third-order valence-corrected chi connectivity index (χ3v) is 7.54. The predicted octanol–water partition coefficient (Wildman–Crippen LogP) is 1.74. The summed E-state index contributed by atoms with van der Waals surface area (Å²) in [6.07, 6.45) is 2.26. The molecule has 1 aromatic rings. The summed E-state index contributed by atoms with van der Waals surface area (Å²) in [5.41, 5.74) is 6.53. The first-order valence-corrected chi connectivity index (χ1v) is 13.4. The number of fused-ring (bicyclic) bond motifs is 1. The lowest BCUT2D eigenvalue weighted by Crippen LogP contribution is -2.46. The molecule has 0 aliphatic carbocycles. The van der Waals surface area contributed by atoms with Crippen LogP contribution in [-0.4, -0.2) is 103 Å². The molecule has 11 heteroatoms. The summed E-state index contributed by atoms with van der Waals surface area (Å²) in [5, 5.41) is 10.4. The highest BCUT2D eigenvalue weighted by molar-refractivity contribution is 5.79. The van der Waals surface area contributed by atoms with Gasteiger partial charge in [-0.1, -0.05) is 13.3 Å². The van der Waals surface area contributed by atoms with E-state index in [0.717, 1.165) is 18.4 Å². The van der Waals surface area contributed by atoms with Gasteiger partial charge in [-0.25, -0.2) is 0 Å². The molecule has 0 unspecified atom stereocenters. The highest BCUT2D eigenvalue weighted by Crippen LogP contribution is 2.47. The predicted molar refractivity (Wildman–Crippen MR) is 141 cm³/mol. The fourth-order valence-electron chi connectivity index (χ4n) is 5.52. The standard InChI is InChI=1S/C27H42N4O7/c1-5-7-10-30(12-9-28)24(33)16-31-15-20(19-13-22(36-4)26-23(14-19)37-17-38-26)25(27(34)35)21(31)8-11-29(6-2)18(3)32/h13-14,20-21,25H,5-12,15-17,28H2,1-4H3,(H,34,35)/t20-,21+,25-/m1/s1. The number of methoxy groups -OCH3 is 1. The van der Waals surface area contributed by atoms with Crippen molar-refractivity contribution in [1.29, 1.82) is 0 Å². The van der Waals surface area contributed by atoms with Crippen molar-refractivity contribution >= 4 is 17.8 Å². The first kappa shape index (κ1) is 29.5. The SMILES string of the molecule is CCCCN(CCN)C(=O)CN1C[C@H](c2cc(OC)c3c(c2)OCO3)[C@@H](C(=O)O)[C@@H]1CCN(CC)C(C)=O. The van der Waals surface area contributed by atoms with Gasteiger partial charge in [0.15, 0.2) is 11.5 Å². The van der Waals surface area contributed by atoms with E-state index < -0.39 is 23.8 Å². The van der Waals surface area contributed by atoms with Crippen molar-refractivity contribution in [2.45, 2.75) is 52.0 Å². The zero-order valence-electron chi connectivity index (χ0n) is 23.0. The van der Waals surface area contributed by atoms with Crippen molar-refractivity contribution in [2.75, 3.05) is 59.7 Å². The zero-order valence-corrected chi connectivity index (χ0v) is 23.0. The Morgan fingerprint density at radius 3 is 2.53 bits per heavy atom. The van der Waals surface area contributed by atoms with Crippen LogP contribution in [0.3, 0.4) is 0 Å². The average molecular weight is 535 g/mol. The number of carboxylic acids is 1. The third kappa shape index (κ3) is 6.68. The number of amides is 2.